The van der Waals surface area contributed by atoms with Crippen molar-refractivity contribution >= 4 is 27.6 Å². The highest BCUT2D eigenvalue weighted by Crippen LogP contribution is 2.22. The van der Waals surface area contributed by atoms with Crippen molar-refractivity contribution in [1.29, 1.82) is 0 Å². The summed E-state index contributed by atoms with van der Waals surface area (Å²) in [7, 11) is 0. The van der Waals surface area contributed by atoms with Crippen LogP contribution in [0.25, 0.3) is 16.3 Å². The van der Waals surface area contributed by atoms with Gasteiger partial charge in [-0.25, -0.2) is 4.98 Å². The van der Waals surface area contributed by atoms with Gasteiger partial charge < -0.3 is 0 Å². The number of rotatable bonds is 2. The third-order valence-corrected chi connectivity index (χ3v) is 2.81. The number of fused-ring (bicyclic) bond motifs is 1. The van der Waals surface area contributed by atoms with Crippen LogP contribution in [-0.2, 0) is 0 Å². The van der Waals surface area contributed by atoms with Gasteiger partial charge in [0, 0.05) is 0 Å². The molecule has 2 rings (SSSR count). The second-order valence-corrected chi connectivity index (χ2v) is 3.89. The second-order valence-electron chi connectivity index (χ2n) is 2.83. The van der Waals surface area contributed by atoms with Gasteiger partial charge in [0.15, 0.2) is 0 Å². The summed E-state index contributed by atoms with van der Waals surface area (Å²) in [5.74, 6) is 0. The van der Waals surface area contributed by atoms with Crippen LogP contribution in [0.3, 0.4) is 0 Å². The first-order valence-electron chi connectivity index (χ1n) is 4.42. The number of aromatic nitrogens is 1. The molecule has 0 saturated heterocycles. The SMILES string of the molecule is CCC=Cc1nc2ccccc2s1. The Hall–Kier alpha value is -1.15. The molecular weight excluding hydrogens is 178 g/mol. The van der Waals surface area contributed by atoms with Crippen molar-refractivity contribution in [3.8, 4) is 0 Å². The van der Waals surface area contributed by atoms with E-state index in [0.29, 0.717) is 0 Å². The predicted octanol–water partition coefficient (Wildman–Crippen LogP) is 3.72. The molecule has 0 spiro atoms. The number of nitrogens with zero attached hydrogens (tertiary/aromatic N) is 1. The molecule has 0 atom stereocenters. The van der Waals surface area contributed by atoms with Crippen LogP contribution in [0.5, 0.6) is 0 Å². The molecule has 0 unspecified atom stereocenters. The van der Waals surface area contributed by atoms with Gasteiger partial charge in [0.05, 0.1) is 10.2 Å². The zero-order valence-electron chi connectivity index (χ0n) is 7.53. The highest BCUT2D eigenvalue weighted by atomic mass is 32.1. The van der Waals surface area contributed by atoms with Gasteiger partial charge in [-0.1, -0.05) is 25.1 Å². The lowest BCUT2D eigenvalue weighted by Crippen LogP contribution is -1.67. The Kier molecular flexibility index (Phi) is 2.41. The fourth-order valence-corrected chi connectivity index (χ4v) is 2.08. The van der Waals surface area contributed by atoms with E-state index in [9.17, 15) is 0 Å². The Balaban J connectivity index is 2.44. The summed E-state index contributed by atoms with van der Waals surface area (Å²) in [6.07, 6.45) is 5.29. The van der Waals surface area contributed by atoms with Gasteiger partial charge in [-0.05, 0) is 24.6 Å². The first kappa shape index (κ1) is 8.45. The van der Waals surface area contributed by atoms with Crippen LogP contribution in [0, 0.1) is 0 Å². The molecule has 2 aromatic rings. The van der Waals surface area contributed by atoms with Crippen LogP contribution in [0.2, 0.25) is 0 Å². The average Bonchev–Trinajstić information content (AvgIpc) is 2.57. The van der Waals surface area contributed by atoms with Crippen LogP contribution < -0.4 is 0 Å². The molecule has 1 aromatic carbocycles. The summed E-state index contributed by atoms with van der Waals surface area (Å²) in [6, 6.07) is 8.23. The largest absolute Gasteiger partial charge is 0.237 e. The molecule has 0 bridgehead atoms. The molecular formula is C11H11NS. The Morgan fingerprint density at radius 2 is 2.23 bits per heavy atom. The molecule has 66 valence electrons. The average molecular weight is 189 g/mol. The molecule has 0 aliphatic heterocycles. The number of thiazole rings is 1. The third-order valence-electron chi connectivity index (χ3n) is 1.81. The molecule has 0 fully saturated rings. The maximum absolute atomic E-state index is 4.48. The summed E-state index contributed by atoms with van der Waals surface area (Å²) in [6.45, 7) is 2.13. The normalized spacial score (nSPS) is 11.5. The van der Waals surface area contributed by atoms with Gasteiger partial charge in [-0.15, -0.1) is 11.3 Å². The molecule has 1 nitrogen and oxygen atoms in total. The van der Waals surface area contributed by atoms with Crippen LogP contribution in [-0.4, -0.2) is 4.98 Å². The fraction of sp³-hybridized carbons (Fsp3) is 0.182. The zero-order valence-corrected chi connectivity index (χ0v) is 8.34. The molecule has 0 aliphatic rings. The van der Waals surface area contributed by atoms with E-state index >= 15 is 0 Å². The van der Waals surface area contributed by atoms with E-state index in [1.807, 2.05) is 12.1 Å². The van der Waals surface area contributed by atoms with E-state index < -0.39 is 0 Å². The Labute approximate surface area is 81.7 Å². The lowest BCUT2D eigenvalue weighted by atomic mass is 10.3. The Morgan fingerprint density at radius 1 is 1.38 bits per heavy atom. The van der Waals surface area contributed by atoms with Crippen LogP contribution in [0.15, 0.2) is 30.3 Å². The quantitative estimate of drug-likeness (QED) is 0.701. The number of hydrogen-bond acceptors (Lipinski definition) is 2. The molecule has 0 saturated carbocycles. The smallest absolute Gasteiger partial charge is 0.117 e. The lowest BCUT2D eigenvalue weighted by molar-refractivity contribution is 1.23. The lowest BCUT2D eigenvalue weighted by Gasteiger charge is -1.80. The van der Waals surface area contributed by atoms with Gasteiger partial charge >= 0.3 is 0 Å². The molecule has 0 N–H and O–H groups in total. The topological polar surface area (TPSA) is 12.9 Å². The van der Waals surface area contributed by atoms with E-state index in [2.05, 4.69) is 36.2 Å². The van der Waals surface area contributed by atoms with Crippen molar-refractivity contribution in [2.24, 2.45) is 0 Å². The minimum atomic E-state index is 1.07. The summed E-state index contributed by atoms with van der Waals surface area (Å²) in [5.41, 5.74) is 1.10. The van der Waals surface area contributed by atoms with Crippen molar-refractivity contribution in [3.63, 3.8) is 0 Å². The highest BCUT2D eigenvalue weighted by Gasteiger charge is 1.97. The molecule has 2 heteroatoms. The highest BCUT2D eigenvalue weighted by molar-refractivity contribution is 7.19. The van der Waals surface area contributed by atoms with Crippen molar-refractivity contribution in [2.45, 2.75) is 13.3 Å². The fourth-order valence-electron chi connectivity index (χ4n) is 1.18. The number of allylic oxidation sites excluding steroid dienone is 1. The van der Waals surface area contributed by atoms with Crippen LogP contribution >= 0.6 is 11.3 Å². The number of hydrogen-bond donors (Lipinski definition) is 0. The van der Waals surface area contributed by atoms with E-state index in [4.69, 9.17) is 0 Å². The van der Waals surface area contributed by atoms with Gasteiger partial charge in [-0.2, -0.15) is 0 Å². The van der Waals surface area contributed by atoms with Gasteiger partial charge in [0.2, 0.25) is 0 Å². The molecule has 13 heavy (non-hydrogen) atoms. The maximum atomic E-state index is 4.48. The summed E-state index contributed by atoms with van der Waals surface area (Å²) < 4.78 is 1.26. The van der Waals surface area contributed by atoms with Crippen molar-refractivity contribution in [1.82, 2.24) is 4.98 Å². The number of para-hydroxylation sites is 1. The molecule has 0 radical (unpaired) electrons. The standard InChI is InChI=1S/C11H11NS/c1-2-3-8-11-12-9-6-4-5-7-10(9)13-11/h3-8H,2H2,1H3. The molecule has 1 aromatic heterocycles. The second kappa shape index (κ2) is 3.71. The minimum absolute atomic E-state index is 1.07. The monoisotopic (exact) mass is 189 g/mol. The van der Waals surface area contributed by atoms with E-state index in [1.165, 1.54) is 4.70 Å². The minimum Gasteiger partial charge on any atom is -0.237 e. The van der Waals surface area contributed by atoms with Gasteiger partial charge in [0.1, 0.15) is 5.01 Å². The molecule has 0 amide bonds. The van der Waals surface area contributed by atoms with E-state index in [-0.39, 0.29) is 0 Å². The van der Waals surface area contributed by atoms with E-state index in [0.717, 1.165) is 16.9 Å². The Bertz CT molecular complexity index is 395. The maximum Gasteiger partial charge on any atom is 0.117 e. The van der Waals surface area contributed by atoms with Crippen LogP contribution in [0.1, 0.15) is 18.4 Å². The number of benzene rings is 1. The zero-order chi connectivity index (χ0) is 9.10. The van der Waals surface area contributed by atoms with Crippen LogP contribution in [0.4, 0.5) is 0 Å². The molecule has 1 heterocycles. The molecule has 0 aliphatic carbocycles. The summed E-state index contributed by atoms with van der Waals surface area (Å²) >= 11 is 1.74. The summed E-state index contributed by atoms with van der Waals surface area (Å²) in [5, 5.41) is 1.10. The first-order valence-corrected chi connectivity index (χ1v) is 5.24. The van der Waals surface area contributed by atoms with Gasteiger partial charge in [-0.3, -0.25) is 0 Å². The summed E-state index contributed by atoms with van der Waals surface area (Å²) in [4.78, 5) is 4.48. The first-order chi connectivity index (χ1) is 6.40. The van der Waals surface area contributed by atoms with Gasteiger partial charge in [0.25, 0.3) is 0 Å². The Morgan fingerprint density at radius 3 is 3.00 bits per heavy atom. The van der Waals surface area contributed by atoms with Crippen molar-refractivity contribution in [2.75, 3.05) is 0 Å². The predicted molar refractivity (Wildman–Crippen MR) is 58.9 cm³/mol. The van der Waals surface area contributed by atoms with Crippen molar-refractivity contribution < 1.29 is 0 Å². The van der Waals surface area contributed by atoms with E-state index in [1.54, 1.807) is 11.3 Å². The van der Waals surface area contributed by atoms with Crippen molar-refractivity contribution in [3.05, 3.63) is 35.3 Å². The third kappa shape index (κ3) is 1.78.